The van der Waals surface area contributed by atoms with E-state index in [0.717, 1.165) is 51.4 Å². The number of aliphatic hydroxyl groups excluding tert-OH is 1. The lowest BCUT2D eigenvalue weighted by Gasteiger charge is -2.30. The van der Waals surface area contributed by atoms with Crippen molar-refractivity contribution >= 4 is 5.97 Å². The Morgan fingerprint density at radius 1 is 0.871 bits per heavy atom. The summed E-state index contributed by atoms with van der Waals surface area (Å²) in [4.78, 5) is 11.4. The van der Waals surface area contributed by atoms with Crippen molar-refractivity contribution in [2.24, 2.45) is 0 Å². The van der Waals surface area contributed by atoms with Crippen molar-refractivity contribution in [3.8, 4) is 0 Å². The van der Waals surface area contributed by atoms with Gasteiger partial charge in [0.25, 0.3) is 0 Å². The highest BCUT2D eigenvalue weighted by atomic mass is 16.5. The molecule has 0 heterocycles. The predicted octanol–water partition coefficient (Wildman–Crippen LogP) is 6.33. The molecule has 5 nitrogen and oxygen atoms in total. The minimum atomic E-state index is -0.771. The van der Waals surface area contributed by atoms with Crippen LogP contribution in [0.4, 0.5) is 0 Å². The third-order valence-corrected chi connectivity index (χ3v) is 5.65. The number of unbranched alkanes of at least 4 members (excludes halogenated alkanes) is 9. The Balaban J connectivity index is 4.29. The second-order valence-corrected chi connectivity index (χ2v) is 9.74. The Kier molecular flexibility index (Phi) is 18.5. The highest BCUT2D eigenvalue weighted by Gasteiger charge is 2.25. The fourth-order valence-electron chi connectivity index (χ4n) is 4.10. The van der Waals surface area contributed by atoms with Crippen LogP contribution in [0.5, 0.6) is 0 Å². The van der Waals surface area contributed by atoms with Crippen molar-refractivity contribution in [3.05, 3.63) is 0 Å². The normalized spacial score (nSPS) is 14.9. The molecule has 0 saturated heterocycles. The van der Waals surface area contributed by atoms with Gasteiger partial charge in [-0.25, -0.2) is 0 Å². The highest BCUT2D eigenvalue weighted by molar-refractivity contribution is 5.69. The van der Waals surface area contributed by atoms with Gasteiger partial charge in [0.05, 0.1) is 30.5 Å². The van der Waals surface area contributed by atoms with Crippen LogP contribution in [-0.2, 0) is 14.3 Å². The highest BCUT2D eigenvalue weighted by Crippen LogP contribution is 2.22. The number of hydrogen-bond donors (Lipinski definition) is 2. The van der Waals surface area contributed by atoms with E-state index in [1.807, 2.05) is 13.8 Å². The Hall–Kier alpha value is -0.650. The molecule has 31 heavy (non-hydrogen) atoms. The molecule has 0 saturated carbocycles. The van der Waals surface area contributed by atoms with Crippen LogP contribution in [0.15, 0.2) is 0 Å². The molecule has 186 valence electrons. The average Bonchev–Trinajstić information content (AvgIpc) is 2.67. The van der Waals surface area contributed by atoms with Crippen molar-refractivity contribution in [1.82, 2.24) is 0 Å². The number of esters is 1. The minimum absolute atomic E-state index is 0.0891. The Bertz CT molecular complexity index is 419. The van der Waals surface area contributed by atoms with E-state index in [2.05, 4.69) is 6.92 Å². The molecule has 0 aliphatic heterocycles. The number of hydrogen-bond acceptors (Lipinski definition) is 5. The first kappa shape index (κ1) is 30.4. The summed E-state index contributed by atoms with van der Waals surface area (Å²) in [6.45, 7) is 10.1. The summed E-state index contributed by atoms with van der Waals surface area (Å²) in [5, 5.41) is 20.8. The van der Waals surface area contributed by atoms with E-state index in [-0.39, 0.29) is 18.2 Å². The molecule has 0 bridgehead atoms. The van der Waals surface area contributed by atoms with Gasteiger partial charge in [-0.05, 0) is 47.0 Å². The molecule has 2 N–H and O–H groups in total. The predicted molar refractivity (Wildman–Crippen MR) is 128 cm³/mol. The second kappa shape index (κ2) is 18.9. The molecule has 0 aromatic heterocycles. The SMILES string of the molecule is CCCCCCCCC(O)C(CCCCCCCC(=O)OCC)OC(C)CC(C)(C)O. The van der Waals surface area contributed by atoms with Crippen LogP contribution in [0.25, 0.3) is 0 Å². The van der Waals surface area contributed by atoms with E-state index in [9.17, 15) is 15.0 Å². The Labute approximate surface area is 192 Å². The van der Waals surface area contributed by atoms with Crippen LogP contribution in [0.1, 0.15) is 131 Å². The first-order valence-electron chi connectivity index (χ1n) is 12.9. The molecule has 0 radical (unpaired) electrons. The first-order chi connectivity index (χ1) is 14.7. The number of ether oxygens (including phenoxy) is 2. The van der Waals surface area contributed by atoms with E-state index in [4.69, 9.17) is 9.47 Å². The standard InChI is InChI=1S/C26H52O5/c1-6-8-9-10-12-15-18-23(27)24(31-22(3)21-26(4,5)29)19-16-13-11-14-17-20-25(28)30-7-2/h22-24,27,29H,6-21H2,1-5H3. The fourth-order valence-corrected chi connectivity index (χ4v) is 4.10. The second-order valence-electron chi connectivity index (χ2n) is 9.74. The van der Waals surface area contributed by atoms with Crippen LogP contribution in [0, 0.1) is 0 Å². The molecule has 0 aromatic rings. The average molecular weight is 445 g/mol. The quantitative estimate of drug-likeness (QED) is 0.160. The number of carbonyl (C=O) groups is 1. The molecule has 0 aliphatic carbocycles. The van der Waals surface area contributed by atoms with Crippen LogP contribution < -0.4 is 0 Å². The maximum atomic E-state index is 11.4. The van der Waals surface area contributed by atoms with Gasteiger partial charge in [-0.2, -0.15) is 0 Å². The maximum Gasteiger partial charge on any atom is 0.305 e. The molecule has 0 fully saturated rings. The summed E-state index contributed by atoms with van der Waals surface area (Å²) in [7, 11) is 0. The van der Waals surface area contributed by atoms with Gasteiger partial charge in [0.15, 0.2) is 0 Å². The summed E-state index contributed by atoms with van der Waals surface area (Å²) in [6.07, 6.45) is 14.3. The lowest BCUT2D eigenvalue weighted by molar-refractivity contribution is -0.143. The summed E-state index contributed by atoms with van der Waals surface area (Å²) < 4.78 is 11.2. The van der Waals surface area contributed by atoms with Crippen LogP contribution in [-0.4, -0.2) is 46.7 Å². The lowest BCUT2D eigenvalue weighted by Crippen LogP contribution is -2.35. The summed E-state index contributed by atoms with van der Waals surface area (Å²) in [5.41, 5.74) is -0.771. The van der Waals surface area contributed by atoms with Gasteiger partial charge in [0, 0.05) is 12.8 Å². The monoisotopic (exact) mass is 444 g/mol. The third-order valence-electron chi connectivity index (χ3n) is 5.65. The van der Waals surface area contributed by atoms with Gasteiger partial charge >= 0.3 is 5.97 Å². The van der Waals surface area contributed by atoms with Crippen LogP contribution in [0.3, 0.4) is 0 Å². The Morgan fingerprint density at radius 2 is 1.42 bits per heavy atom. The number of aliphatic hydroxyl groups is 2. The van der Waals surface area contributed by atoms with Crippen molar-refractivity contribution in [2.45, 2.75) is 155 Å². The summed E-state index contributed by atoms with van der Waals surface area (Å²) in [6, 6.07) is 0. The zero-order valence-electron chi connectivity index (χ0n) is 21.2. The van der Waals surface area contributed by atoms with Crippen molar-refractivity contribution in [2.75, 3.05) is 6.61 Å². The van der Waals surface area contributed by atoms with Gasteiger partial charge in [-0.1, -0.05) is 71.1 Å². The van der Waals surface area contributed by atoms with Gasteiger partial charge in [0.2, 0.25) is 0 Å². The largest absolute Gasteiger partial charge is 0.466 e. The summed E-state index contributed by atoms with van der Waals surface area (Å²) >= 11 is 0. The zero-order valence-corrected chi connectivity index (χ0v) is 21.2. The van der Waals surface area contributed by atoms with Gasteiger partial charge in [0.1, 0.15) is 0 Å². The van der Waals surface area contributed by atoms with E-state index >= 15 is 0 Å². The van der Waals surface area contributed by atoms with Gasteiger partial charge < -0.3 is 19.7 Å². The fraction of sp³-hybridized carbons (Fsp3) is 0.962. The van der Waals surface area contributed by atoms with Gasteiger partial charge in [-0.15, -0.1) is 0 Å². The zero-order chi connectivity index (χ0) is 23.5. The van der Waals surface area contributed by atoms with Crippen LogP contribution in [0.2, 0.25) is 0 Å². The van der Waals surface area contributed by atoms with E-state index in [0.29, 0.717) is 19.4 Å². The first-order valence-corrected chi connectivity index (χ1v) is 12.9. The number of rotatable bonds is 21. The van der Waals surface area contributed by atoms with E-state index < -0.39 is 11.7 Å². The molecule has 0 aliphatic rings. The smallest absolute Gasteiger partial charge is 0.305 e. The summed E-state index contributed by atoms with van der Waals surface area (Å²) in [5.74, 6) is -0.102. The third kappa shape index (κ3) is 19.7. The molecule has 3 unspecified atom stereocenters. The maximum absolute atomic E-state index is 11.4. The molecular formula is C26H52O5. The molecule has 3 atom stereocenters. The van der Waals surface area contributed by atoms with Crippen molar-refractivity contribution in [1.29, 1.82) is 0 Å². The van der Waals surface area contributed by atoms with Crippen LogP contribution >= 0.6 is 0 Å². The molecule has 0 amide bonds. The topological polar surface area (TPSA) is 76.0 Å². The lowest BCUT2D eigenvalue weighted by atomic mass is 9.98. The Morgan fingerprint density at radius 3 is 2.00 bits per heavy atom. The van der Waals surface area contributed by atoms with E-state index in [1.165, 1.54) is 32.1 Å². The molecule has 0 rings (SSSR count). The minimum Gasteiger partial charge on any atom is -0.466 e. The molecule has 5 heteroatoms. The van der Waals surface area contributed by atoms with Crippen molar-refractivity contribution in [3.63, 3.8) is 0 Å². The molecular weight excluding hydrogens is 392 g/mol. The molecule has 0 spiro atoms. The number of carbonyl (C=O) groups excluding carboxylic acids is 1. The van der Waals surface area contributed by atoms with E-state index in [1.54, 1.807) is 13.8 Å². The van der Waals surface area contributed by atoms with Gasteiger partial charge in [-0.3, -0.25) is 4.79 Å². The van der Waals surface area contributed by atoms with Crippen molar-refractivity contribution < 1.29 is 24.5 Å². The molecule has 0 aromatic carbocycles.